The van der Waals surface area contributed by atoms with Crippen LogP contribution in [0.3, 0.4) is 0 Å². The summed E-state index contributed by atoms with van der Waals surface area (Å²) in [7, 11) is 3.14. The van der Waals surface area contributed by atoms with E-state index in [0.29, 0.717) is 19.4 Å². The Morgan fingerprint density at radius 2 is 1.91 bits per heavy atom. The maximum Gasteiger partial charge on any atom is 0.118 e. The van der Waals surface area contributed by atoms with E-state index in [-0.39, 0.29) is 12.7 Å². The van der Waals surface area contributed by atoms with Crippen LogP contribution in [0.25, 0.3) is 0 Å². The summed E-state index contributed by atoms with van der Waals surface area (Å²) in [6.45, 7) is 3.84. The Balaban J connectivity index is 2.56. The maximum atomic E-state index is 9.71. The summed E-state index contributed by atoms with van der Waals surface area (Å²) in [4.78, 5) is 0. The standard InChI is InChI=1S/C17H26O5/c1-4-5-15(10-17(21-3)16(19)11-18)22-12-13-6-8-14(20-2)9-7-13/h4,6-9,15-19H,1,5,10-12H2,2-3H3/t15-,16-,17+/m0/s1. The first-order valence-corrected chi connectivity index (χ1v) is 7.31. The third kappa shape index (κ3) is 6.15. The molecule has 0 aliphatic heterocycles. The molecule has 1 rings (SSSR count). The first-order chi connectivity index (χ1) is 10.6. The monoisotopic (exact) mass is 310 g/mol. The molecule has 1 aromatic rings. The zero-order valence-electron chi connectivity index (χ0n) is 13.3. The van der Waals surface area contributed by atoms with Crippen LogP contribution in [0.15, 0.2) is 36.9 Å². The molecule has 3 atom stereocenters. The number of aliphatic hydroxyl groups excluding tert-OH is 2. The fourth-order valence-electron chi connectivity index (χ4n) is 2.14. The molecule has 0 saturated carbocycles. The van der Waals surface area contributed by atoms with E-state index in [4.69, 9.17) is 19.3 Å². The molecule has 0 aromatic heterocycles. The molecule has 0 saturated heterocycles. The first-order valence-electron chi connectivity index (χ1n) is 7.31. The van der Waals surface area contributed by atoms with Gasteiger partial charge in [-0.05, 0) is 24.1 Å². The van der Waals surface area contributed by atoms with E-state index in [2.05, 4.69) is 6.58 Å². The summed E-state index contributed by atoms with van der Waals surface area (Å²) in [5.41, 5.74) is 1.03. The fraction of sp³-hybridized carbons (Fsp3) is 0.529. The minimum absolute atomic E-state index is 0.134. The largest absolute Gasteiger partial charge is 0.497 e. The highest BCUT2D eigenvalue weighted by atomic mass is 16.5. The average molecular weight is 310 g/mol. The van der Waals surface area contributed by atoms with Crippen LogP contribution in [0.1, 0.15) is 18.4 Å². The first kappa shape index (κ1) is 18.6. The molecular weight excluding hydrogens is 284 g/mol. The van der Waals surface area contributed by atoms with Crippen molar-refractivity contribution in [1.82, 2.24) is 0 Å². The van der Waals surface area contributed by atoms with Gasteiger partial charge in [-0.3, -0.25) is 0 Å². The third-order valence-electron chi connectivity index (χ3n) is 3.49. The van der Waals surface area contributed by atoms with Gasteiger partial charge >= 0.3 is 0 Å². The zero-order valence-corrected chi connectivity index (χ0v) is 13.3. The van der Waals surface area contributed by atoms with Gasteiger partial charge in [0.25, 0.3) is 0 Å². The van der Waals surface area contributed by atoms with Crippen molar-refractivity contribution in [1.29, 1.82) is 0 Å². The molecule has 1 aromatic carbocycles. The summed E-state index contributed by atoms with van der Waals surface area (Å²) < 4.78 is 16.2. The highest BCUT2D eigenvalue weighted by Crippen LogP contribution is 2.17. The highest BCUT2D eigenvalue weighted by molar-refractivity contribution is 5.26. The third-order valence-corrected chi connectivity index (χ3v) is 3.49. The predicted octanol–water partition coefficient (Wildman–Crippen LogP) is 1.91. The Labute approximate surface area is 132 Å². The van der Waals surface area contributed by atoms with Crippen molar-refractivity contribution < 1.29 is 24.4 Å². The van der Waals surface area contributed by atoms with Crippen LogP contribution in [-0.2, 0) is 16.1 Å². The molecule has 0 aliphatic rings. The lowest BCUT2D eigenvalue weighted by Crippen LogP contribution is -2.35. The summed E-state index contributed by atoms with van der Waals surface area (Å²) in [6, 6.07) is 7.66. The highest BCUT2D eigenvalue weighted by Gasteiger charge is 2.22. The van der Waals surface area contributed by atoms with Gasteiger partial charge in [0.1, 0.15) is 11.9 Å². The lowest BCUT2D eigenvalue weighted by molar-refractivity contribution is -0.0714. The predicted molar refractivity (Wildman–Crippen MR) is 84.9 cm³/mol. The maximum absolute atomic E-state index is 9.71. The molecule has 0 aliphatic carbocycles. The van der Waals surface area contributed by atoms with Gasteiger partial charge in [0.05, 0.1) is 32.5 Å². The van der Waals surface area contributed by atoms with Crippen LogP contribution >= 0.6 is 0 Å². The minimum Gasteiger partial charge on any atom is -0.497 e. The lowest BCUT2D eigenvalue weighted by atomic mass is 10.0. The summed E-state index contributed by atoms with van der Waals surface area (Å²) in [6.07, 6.45) is 1.39. The Bertz CT molecular complexity index is 418. The molecule has 22 heavy (non-hydrogen) atoms. The molecule has 2 N–H and O–H groups in total. The van der Waals surface area contributed by atoms with Crippen molar-refractivity contribution in [2.45, 2.75) is 37.8 Å². The summed E-state index contributed by atoms with van der Waals surface area (Å²) >= 11 is 0. The number of hydrogen-bond acceptors (Lipinski definition) is 5. The number of rotatable bonds is 11. The molecule has 0 unspecified atom stereocenters. The van der Waals surface area contributed by atoms with Gasteiger partial charge in [0.2, 0.25) is 0 Å². The van der Waals surface area contributed by atoms with Crippen molar-refractivity contribution in [3.63, 3.8) is 0 Å². The molecule has 0 spiro atoms. The van der Waals surface area contributed by atoms with E-state index < -0.39 is 12.2 Å². The minimum atomic E-state index is -0.915. The van der Waals surface area contributed by atoms with Gasteiger partial charge in [-0.15, -0.1) is 6.58 Å². The number of methoxy groups -OCH3 is 2. The Morgan fingerprint density at radius 1 is 1.23 bits per heavy atom. The van der Waals surface area contributed by atoms with E-state index in [0.717, 1.165) is 11.3 Å². The average Bonchev–Trinajstić information content (AvgIpc) is 2.57. The second-order valence-corrected chi connectivity index (χ2v) is 5.07. The quantitative estimate of drug-likeness (QED) is 0.611. The second-order valence-electron chi connectivity index (χ2n) is 5.07. The van der Waals surface area contributed by atoms with Crippen LogP contribution in [0.5, 0.6) is 5.75 Å². The Hall–Kier alpha value is -1.40. The molecule has 0 radical (unpaired) electrons. The van der Waals surface area contributed by atoms with Crippen molar-refractivity contribution in [3.05, 3.63) is 42.5 Å². The van der Waals surface area contributed by atoms with Gasteiger partial charge in [-0.2, -0.15) is 0 Å². The van der Waals surface area contributed by atoms with Crippen LogP contribution < -0.4 is 4.74 Å². The van der Waals surface area contributed by atoms with Gasteiger partial charge in [-0.25, -0.2) is 0 Å². The van der Waals surface area contributed by atoms with E-state index in [1.54, 1.807) is 13.2 Å². The van der Waals surface area contributed by atoms with Crippen LogP contribution in [-0.4, -0.2) is 49.4 Å². The fourth-order valence-corrected chi connectivity index (χ4v) is 2.14. The van der Waals surface area contributed by atoms with Crippen molar-refractivity contribution in [2.75, 3.05) is 20.8 Å². The van der Waals surface area contributed by atoms with E-state index in [9.17, 15) is 5.11 Å². The summed E-state index contributed by atoms with van der Waals surface area (Å²) in [5, 5.41) is 18.7. The molecule has 0 heterocycles. The van der Waals surface area contributed by atoms with Gasteiger partial charge in [-0.1, -0.05) is 18.2 Å². The van der Waals surface area contributed by atoms with Crippen molar-refractivity contribution in [3.8, 4) is 5.75 Å². The van der Waals surface area contributed by atoms with Gasteiger partial charge in [0.15, 0.2) is 0 Å². The Kier molecular flexibility index (Phi) is 8.77. The normalized spacial score (nSPS) is 15.1. The molecule has 0 amide bonds. The van der Waals surface area contributed by atoms with Crippen LogP contribution in [0.2, 0.25) is 0 Å². The second kappa shape index (κ2) is 10.3. The number of hydrogen-bond donors (Lipinski definition) is 2. The number of aliphatic hydroxyl groups is 2. The SMILES string of the molecule is C=CC[C@@H](C[C@@H](OC)[C@@H](O)CO)OCc1ccc(OC)cc1. The molecule has 0 fully saturated rings. The van der Waals surface area contributed by atoms with Crippen LogP contribution in [0.4, 0.5) is 0 Å². The smallest absolute Gasteiger partial charge is 0.118 e. The number of benzene rings is 1. The lowest BCUT2D eigenvalue weighted by Gasteiger charge is -2.25. The molecule has 5 heteroatoms. The van der Waals surface area contributed by atoms with Crippen molar-refractivity contribution >= 4 is 0 Å². The van der Waals surface area contributed by atoms with Crippen LogP contribution in [0, 0.1) is 0 Å². The summed E-state index contributed by atoms with van der Waals surface area (Å²) in [5.74, 6) is 0.803. The molecular formula is C17H26O5. The van der Waals surface area contributed by atoms with E-state index in [1.807, 2.05) is 24.3 Å². The van der Waals surface area contributed by atoms with E-state index in [1.165, 1.54) is 7.11 Å². The number of ether oxygens (including phenoxy) is 3. The zero-order chi connectivity index (χ0) is 16.4. The van der Waals surface area contributed by atoms with Gasteiger partial charge in [0, 0.05) is 13.5 Å². The molecule has 0 bridgehead atoms. The van der Waals surface area contributed by atoms with Gasteiger partial charge < -0.3 is 24.4 Å². The molecule has 124 valence electrons. The Morgan fingerprint density at radius 3 is 2.41 bits per heavy atom. The molecule has 5 nitrogen and oxygen atoms in total. The topological polar surface area (TPSA) is 68.2 Å². The van der Waals surface area contributed by atoms with E-state index >= 15 is 0 Å². The van der Waals surface area contributed by atoms with Crippen molar-refractivity contribution in [2.24, 2.45) is 0 Å².